The van der Waals surface area contributed by atoms with Crippen molar-refractivity contribution >= 4 is 34.3 Å². The predicted octanol–water partition coefficient (Wildman–Crippen LogP) is 3.58. The number of halogens is 2. The van der Waals surface area contributed by atoms with Gasteiger partial charge in [0, 0.05) is 30.1 Å². The summed E-state index contributed by atoms with van der Waals surface area (Å²) in [4.78, 5) is 36.9. The monoisotopic (exact) mass is 538 g/mol. The van der Waals surface area contributed by atoms with Crippen molar-refractivity contribution in [3.05, 3.63) is 29.5 Å². The third kappa shape index (κ3) is 4.96. The Bertz CT molecular complexity index is 1210. The summed E-state index contributed by atoms with van der Waals surface area (Å²) in [5.41, 5.74) is -0.206. The smallest absolute Gasteiger partial charge is 0.330 e. The first-order chi connectivity index (χ1) is 17.7. The number of urea groups is 1. The zero-order valence-electron chi connectivity index (χ0n) is 21.0. The normalized spacial score (nSPS) is 20.3. The molecule has 10 nitrogen and oxygen atoms in total. The molecule has 1 fully saturated rings. The molecule has 0 bridgehead atoms. The second-order valence-electron chi connectivity index (χ2n) is 8.71. The number of anilines is 2. The van der Waals surface area contributed by atoms with Gasteiger partial charge in [-0.1, -0.05) is 0 Å². The van der Waals surface area contributed by atoms with Crippen LogP contribution in [0, 0.1) is 17.6 Å². The van der Waals surface area contributed by atoms with E-state index in [2.05, 4.69) is 9.97 Å². The lowest BCUT2D eigenvalue weighted by Gasteiger charge is -2.42. The van der Waals surface area contributed by atoms with Crippen molar-refractivity contribution in [3.63, 3.8) is 0 Å². The molecule has 1 unspecified atom stereocenters. The van der Waals surface area contributed by atoms with Crippen LogP contribution in [-0.4, -0.2) is 59.3 Å². The van der Waals surface area contributed by atoms with E-state index >= 15 is 8.78 Å². The summed E-state index contributed by atoms with van der Waals surface area (Å²) in [6.45, 7) is 1.78. The number of aromatic nitrogens is 2. The maximum Gasteiger partial charge on any atom is 0.330 e. The number of benzene rings is 1. The minimum absolute atomic E-state index is 0.0330. The molecule has 0 radical (unpaired) electrons. The Morgan fingerprint density at radius 3 is 2.30 bits per heavy atom. The molecule has 2 aromatic rings. The third-order valence-corrected chi connectivity index (χ3v) is 7.28. The van der Waals surface area contributed by atoms with Crippen molar-refractivity contribution in [3.8, 4) is 11.5 Å². The van der Waals surface area contributed by atoms with Crippen LogP contribution < -0.4 is 19.3 Å². The Hall–Kier alpha value is -3.35. The van der Waals surface area contributed by atoms with Crippen LogP contribution in [0.15, 0.2) is 17.4 Å². The first-order valence-electron chi connectivity index (χ1n) is 11.8. The van der Waals surface area contributed by atoms with Gasteiger partial charge in [0.1, 0.15) is 11.5 Å². The van der Waals surface area contributed by atoms with E-state index in [0.717, 1.165) is 11.0 Å². The molecule has 1 aliphatic carbocycles. The van der Waals surface area contributed by atoms with Gasteiger partial charge in [0.25, 0.3) is 0 Å². The third-order valence-electron chi connectivity index (χ3n) is 6.57. The van der Waals surface area contributed by atoms with Gasteiger partial charge >= 0.3 is 12.0 Å². The lowest BCUT2D eigenvalue weighted by Crippen LogP contribution is -2.54. The van der Waals surface area contributed by atoms with E-state index in [9.17, 15) is 13.8 Å². The maximum atomic E-state index is 15.4. The predicted molar refractivity (Wildman–Crippen MR) is 130 cm³/mol. The Kier molecular flexibility index (Phi) is 7.90. The fraction of sp³-hybridized carbons (Fsp3) is 0.500. The van der Waals surface area contributed by atoms with Crippen LogP contribution in [0.4, 0.5) is 25.1 Å². The molecule has 200 valence electrons. The molecule has 2 heterocycles. The van der Waals surface area contributed by atoms with E-state index in [1.165, 1.54) is 31.6 Å². The fourth-order valence-corrected chi connectivity index (χ4v) is 5.16. The first-order valence-corrected chi connectivity index (χ1v) is 13.3. The number of rotatable bonds is 7. The Labute approximate surface area is 215 Å². The molecule has 1 aromatic heterocycles. The standard InChI is InChI=1S/C24H28F2N4O6S/c1-5-36-22(31)13-6-8-15(9-7-13)30-21-14(11-27-23(28-21)37(4)33)12-29(24(30)32)20-18(25)16(34-2)10-17(35-3)19(20)26/h10-11,13,15H,5-9,12H2,1-4H3. The highest BCUT2D eigenvalue weighted by Gasteiger charge is 2.42. The summed E-state index contributed by atoms with van der Waals surface area (Å²) in [5.74, 6) is -3.05. The molecule has 0 saturated heterocycles. The van der Waals surface area contributed by atoms with E-state index in [0.29, 0.717) is 31.2 Å². The van der Waals surface area contributed by atoms with Gasteiger partial charge in [-0.3, -0.25) is 18.8 Å². The van der Waals surface area contributed by atoms with Crippen LogP contribution in [0.5, 0.6) is 11.5 Å². The minimum Gasteiger partial charge on any atom is -0.493 e. The summed E-state index contributed by atoms with van der Waals surface area (Å²) < 4.78 is 58.1. The average molecular weight is 539 g/mol. The summed E-state index contributed by atoms with van der Waals surface area (Å²) in [5, 5.41) is 0.0330. The molecule has 1 saturated carbocycles. The summed E-state index contributed by atoms with van der Waals surface area (Å²) in [6, 6.07) is -0.0742. The number of hydrogen-bond donors (Lipinski definition) is 0. The van der Waals surface area contributed by atoms with Crippen molar-refractivity contribution in [1.29, 1.82) is 0 Å². The number of hydrogen-bond acceptors (Lipinski definition) is 8. The van der Waals surface area contributed by atoms with Crippen molar-refractivity contribution in [2.75, 3.05) is 36.9 Å². The molecule has 37 heavy (non-hydrogen) atoms. The Balaban J connectivity index is 1.78. The molecule has 4 rings (SSSR count). The average Bonchev–Trinajstić information content (AvgIpc) is 2.89. The quantitative estimate of drug-likeness (QED) is 0.389. The topological polar surface area (TPSA) is 111 Å². The molecule has 1 aromatic carbocycles. The SMILES string of the molecule is CCOC(=O)C1CCC(N2C(=O)N(c3c(F)c(OC)cc(OC)c3F)Cc3cnc(S(C)=O)nc32)CC1. The van der Waals surface area contributed by atoms with Crippen LogP contribution in [0.2, 0.25) is 0 Å². The minimum atomic E-state index is -1.52. The number of ether oxygens (including phenoxy) is 3. The molecule has 0 spiro atoms. The fourth-order valence-electron chi connectivity index (χ4n) is 4.74. The van der Waals surface area contributed by atoms with Crippen LogP contribution in [0.1, 0.15) is 38.2 Å². The van der Waals surface area contributed by atoms with E-state index in [1.54, 1.807) is 6.92 Å². The number of esters is 1. The van der Waals surface area contributed by atoms with Crippen molar-refractivity contribution in [2.24, 2.45) is 5.92 Å². The summed E-state index contributed by atoms with van der Waals surface area (Å²) in [7, 11) is 0.926. The van der Waals surface area contributed by atoms with Crippen molar-refractivity contribution < 1.29 is 36.8 Å². The number of methoxy groups -OCH3 is 2. The Morgan fingerprint density at radius 2 is 1.76 bits per heavy atom. The number of amides is 2. The number of fused-ring (bicyclic) bond motifs is 1. The second kappa shape index (κ2) is 11.0. The largest absolute Gasteiger partial charge is 0.493 e. The van der Waals surface area contributed by atoms with Gasteiger partial charge in [-0.05, 0) is 32.6 Å². The van der Waals surface area contributed by atoms with Crippen molar-refractivity contribution in [2.45, 2.75) is 50.4 Å². The zero-order valence-corrected chi connectivity index (χ0v) is 21.8. The van der Waals surface area contributed by atoms with Crippen molar-refractivity contribution in [1.82, 2.24) is 9.97 Å². The summed E-state index contributed by atoms with van der Waals surface area (Å²) >= 11 is 0. The van der Waals surface area contributed by atoms with E-state index in [4.69, 9.17) is 14.2 Å². The van der Waals surface area contributed by atoms with Crippen LogP contribution >= 0.6 is 0 Å². The highest BCUT2D eigenvalue weighted by Crippen LogP contribution is 2.42. The highest BCUT2D eigenvalue weighted by atomic mass is 32.2. The summed E-state index contributed by atoms with van der Waals surface area (Å²) in [6.07, 6.45) is 4.63. The molecule has 13 heteroatoms. The van der Waals surface area contributed by atoms with E-state index < -0.39 is 40.2 Å². The van der Waals surface area contributed by atoms with Gasteiger partial charge in [-0.25, -0.2) is 23.5 Å². The lowest BCUT2D eigenvalue weighted by atomic mass is 9.85. The number of carbonyl (C=O) groups excluding carboxylic acids is 2. The zero-order chi connectivity index (χ0) is 26.9. The molecular weight excluding hydrogens is 510 g/mol. The number of nitrogens with zero attached hydrogens (tertiary/aromatic N) is 4. The second-order valence-corrected chi connectivity index (χ2v) is 9.98. The first kappa shape index (κ1) is 26.7. The molecule has 1 aliphatic heterocycles. The molecule has 0 N–H and O–H groups in total. The van der Waals surface area contributed by atoms with Crippen LogP contribution in [-0.2, 0) is 26.9 Å². The molecule has 2 amide bonds. The van der Waals surface area contributed by atoms with E-state index in [1.807, 2.05) is 0 Å². The molecule has 2 aliphatic rings. The van der Waals surface area contributed by atoms with Gasteiger partial charge < -0.3 is 14.2 Å². The van der Waals surface area contributed by atoms with Gasteiger partial charge in [0.2, 0.25) is 5.16 Å². The van der Waals surface area contributed by atoms with Crippen LogP contribution in [0.25, 0.3) is 0 Å². The lowest BCUT2D eigenvalue weighted by molar-refractivity contribution is -0.149. The number of carbonyl (C=O) groups is 2. The van der Waals surface area contributed by atoms with Gasteiger partial charge in [0.15, 0.2) is 23.1 Å². The van der Waals surface area contributed by atoms with Gasteiger partial charge in [-0.2, -0.15) is 0 Å². The Morgan fingerprint density at radius 1 is 1.14 bits per heavy atom. The molecule has 1 atom stereocenters. The van der Waals surface area contributed by atoms with Gasteiger partial charge in [0.05, 0.1) is 44.1 Å². The van der Waals surface area contributed by atoms with Gasteiger partial charge in [-0.15, -0.1) is 0 Å². The van der Waals surface area contributed by atoms with Crippen LogP contribution in [0.3, 0.4) is 0 Å². The molecular formula is C24H28F2N4O6S. The highest BCUT2D eigenvalue weighted by molar-refractivity contribution is 7.84. The maximum absolute atomic E-state index is 15.4. The van der Waals surface area contributed by atoms with E-state index in [-0.39, 0.29) is 47.5 Å².